The molecule has 0 aliphatic carbocycles. The number of aromatic carboxylic acids is 1. The summed E-state index contributed by atoms with van der Waals surface area (Å²) in [4.78, 5) is 22.5. The number of anilines is 1. The van der Waals surface area contributed by atoms with E-state index in [9.17, 15) is 18.4 Å². The fourth-order valence-electron chi connectivity index (χ4n) is 1.42. The maximum atomic E-state index is 13.1. The number of carboxylic acid groups (broad SMARTS) is 1. The first kappa shape index (κ1) is 12.7. The quantitative estimate of drug-likeness (QED) is 0.895. The fraction of sp³-hybridized carbons (Fsp3) is 0. The normalized spacial score (nSPS) is 10.2. The number of amides is 1. The summed E-state index contributed by atoms with van der Waals surface area (Å²) in [7, 11) is 0. The summed E-state index contributed by atoms with van der Waals surface area (Å²) in [6.45, 7) is 0. The lowest BCUT2D eigenvalue weighted by atomic mass is 10.1. The Hall–Kier alpha value is -2.70. The van der Waals surface area contributed by atoms with Crippen molar-refractivity contribution in [2.45, 2.75) is 0 Å². The van der Waals surface area contributed by atoms with Crippen molar-refractivity contribution in [1.82, 2.24) is 0 Å². The summed E-state index contributed by atoms with van der Waals surface area (Å²) in [6, 6.07) is 3.89. The molecule has 0 saturated heterocycles. The van der Waals surface area contributed by atoms with E-state index in [1.807, 2.05) is 0 Å². The average Bonchev–Trinajstić information content (AvgIpc) is 2.86. The molecule has 1 aromatic heterocycles. The molecule has 1 amide bonds. The predicted octanol–water partition coefficient (Wildman–Crippen LogP) is 2.51. The van der Waals surface area contributed by atoms with Gasteiger partial charge in [0.25, 0.3) is 5.91 Å². The van der Waals surface area contributed by atoms with Crippen LogP contribution in [0.2, 0.25) is 0 Å². The lowest BCUT2D eigenvalue weighted by Gasteiger charge is -2.07. The molecular weight excluding hydrogens is 260 g/mol. The zero-order valence-electron chi connectivity index (χ0n) is 9.31. The molecule has 2 aromatic rings. The summed E-state index contributed by atoms with van der Waals surface area (Å²) in [5.41, 5.74) is -0.911. The fourth-order valence-corrected chi connectivity index (χ4v) is 1.42. The maximum absolute atomic E-state index is 13.1. The van der Waals surface area contributed by atoms with Crippen LogP contribution in [-0.2, 0) is 0 Å². The van der Waals surface area contributed by atoms with Crippen LogP contribution in [0.4, 0.5) is 14.5 Å². The summed E-state index contributed by atoms with van der Waals surface area (Å²) in [5, 5.41) is 11.0. The number of halogens is 2. The minimum Gasteiger partial charge on any atom is -0.478 e. The van der Waals surface area contributed by atoms with Gasteiger partial charge in [-0.15, -0.1) is 0 Å². The Morgan fingerprint density at radius 2 is 1.89 bits per heavy atom. The van der Waals surface area contributed by atoms with Gasteiger partial charge in [-0.05, 0) is 18.2 Å². The van der Waals surface area contributed by atoms with Crippen molar-refractivity contribution in [3.8, 4) is 0 Å². The van der Waals surface area contributed by atoms with Gasteiger partial charge in [0.05, 0.1) is 17.5 Å². The van der Waals surface area contributed by atoms with Gasteiger partial charge in [-0.25, -0.2) is 13.6 Å². The molecular formula is C12H7F2NO4. The third kappa shape index (κ3) is 2.59. The molecule has 5 nitrogen and oxygen atoms in total. The zero-order chi connectivity index (χ0) is 14.0. The molecule has 0 aliphatic heterocycles. The third-order valence-corrected chi connectivity index (χ3v) is 2.28. The molecule has 0 fully saturated rings. The van der Waals surface area contributed by atoms with E-state index in [1.165, 1.54) is 18.4 Å². The Morgan fingerprint density at radius 1 is 1.21 bits per heavy atom. The lowest BCUT2D eigenvalue weighted by molar-refractivity contribution is 0.0697. The molecule has 1 aromatic carbocycles. The van der Waals surface area contributed by atoms with Gasteiger partial charge in [0.1, 0.15) is 0 Å². The van der Waals surface area contributed by atoms with Crippen molar-refractivity contribution in [2.24, 2.45) is 0 Å². The number of hydrogen-bond acceptors (Lipinski definition) is 3. The monoisotopic (exact) mass is 267 g/mol. The van der Waals surface area contributed by atoms with Crippen molar-refractivity contribution in [3.63, 3.8) is 0 Å². The second-order valence-corrected chi connectivity index (χ2v) is 3.55. The van der Waals surface area contributed by atoms with Gasteiger partial charge in [-0.3, -0.25) is 4.79 Å². The number of benzene rings is 1. The van der Waals surface area contributed by atoms with Gasteiger partial charge in [-0.2, -0.15) is 0 Å². The summed E-state index contributed by atoms with van der Waals surface area (Å²) >= 11 is 0. The van der Waals surface area contributed by atoms with Gasteiger partial charge in [-0.1, -0.05) is 0 Å². The molecule has 2 rings (SSSR count). The second kappa shape index (κ2) is 4.89. The van der Waals surface area contributed by atoms with E-state index in [0.717, 1.165) is 0 Å². The highest BCUT2D eigenvalue weighted by molar-refractivity contribution is 6.06. The van der Waals surface area contributed by atoms with Crippen LogP contribution in [-0.4, -0.2) is 17.0 Å². The van der Waals surface area contributed by atoms with Crippen LogP contribution in [0.25, 0.3) is 0 Å². The Morgan fingerprint density at radius 3 is 2.47 bits per heavy atom. The minimum atomic E-state index is -1.49. The Labute approximate surface area is 105 Å². The van der Waals surface area contributed by atoms with Crippen molar-refractivity contribution in [3.05, 3.63) is 53.5 Å². The number of nitrogens with one attached hydrogen (secondary N) is 1. The van der Waals surface area contributed by atoms with Crippen molar-refractivity contribution >= 4 is 17.6 Å². The third-order valence-electron chi connectivity index (χ3n) is 2.28. The molecule has 0 radical (unpaired) electrons. The van der Waals surface area contributed by atoms with Crippen molar-refractivity contribution < 1.29 is 27.9 Å². The first-order chi connectivity index (χ1) is 8.99. The standard InChI is InChI=1S/C12H7F2NO4/c13-7-4-6(12(17)18)9(5-8(7)14)15-11(16)10-2-1-3-19-10/h1-5H,(H,15,16)(H,17,18). The first-order valence-corrected chi connectivity index (χ1v) is 5.06. The molecule has 0 unspecified atom stereocenters. The average molecular weight is 267 g/mol. The summed E-state index contributed by atoms with van der Waals surface area (Å²) in [6.07, 6.45) is 1.25. The van der Waals surface area contributed by atoms with Gasteiger partial charge in [0.2, 0.25) is 0 Å². The molecule has 19 heavy (non-hydrogen) atoms. The molecule has 0 bridgehead atoms. The SMILES string of the molecule is O=C(Nc1cc(F)c(F)cc1C(=O)O)c1ccco1. The first-order valence-electron chi connectivity index (χ1n) is 5.06. The van der Waals surface area contributed by atoms with Crippen LogP contribution < -0.4 is 5.32 Å². The molecule has 7 heteroatoms. The Bertz CT molecular complexity index is 637. The van der Waals surface area contributed by atoms with E-state index in [-0.39, 0.29) is 11.4 Å². The number of furan rings is 1. The van der Waals surface area contributed by atoms with Crippen molar-refractivity contribution in [2.75, 3.05) is 5.32 Å². The molecule has 98 valence electrons. The molecule has 0 spiro atoms. The lowest BCUT2D eigenvalue weighted by Crippen LogP contribution is -2.15. The summed E-state index contributed by atoms with van der Waals surface area (Å²) < 4.78 is 30.8. The molecule has 1 heterocycles. The van der Waals surface area contributed by atoms with Crippen molar-refractivity contribution in [1.29, 1.82) is 0 Å². The van der Waals surface area contributed by atoms with Crippen LogP contribution in [0, 0.1) is 11.6 Å². The highest BCUT2D eigenvalue weighted by Crippen LogP contribution is 2.21. The molecule has 0 aliphatic rings. The highest BCUT2D eigenvalue weighted by atomic mass is 19.2. The van der Waals surface area contributed by atoms with Gasteiger partial charge in [0.15, 0.2) is 17.4 Å². The molecule has 0 atom stereocenters. The van der Waals surface area contributed by atoms with E-state index < -0.39 is 29.1 Å². The molecule has 0 saturated carbocycles. The number of rotatable bonds is 3. The highest BCUT2D eigenvalue weighted by Gasteiger charge is 2.18. The summed E-state index contributed by atoms with van der Waals surface area (Å²) in [5.74, 6) is -4.92. The van der Waals surface area contributed by atoms with Gasteiger partial charge in [0, 0.05) is 6.07 Å². The zero-order valence-corrected chi connectivity index (χ0v) is 9.31. The van der Waals surface area contributed by atoms with E-state index >= 15 is 0 Å². The van der Waals surface area contributed by atoms with E-state index in [2.05, 4.69) is 5.32 Å². The number of carbonyl (C=O) groups excluding carboxylic acids is 1. The van der Waals surface area contributed by atoms with Crippen LogP contribution >= 0.6 is 0 Å². The predicted molar refractivity (Wildman–Crippen MR) is 60.0 cm³/mol. The van der Waals surface area contributed by atoms with Crippen LogP contribution in [0.1, 0.15) is 20.9 Å². The minimum absolute atomic E-state index is 0.0823. The van der Waals surface area contributed by atoms with E-state index in [1.54, 1.807) is 0 Å². The Kier molecular flexibility index (Phi) is 3.28. The van der Waals surface area contributed by atoms with Gasteiger partial charge >= 0.3 is 5.97 Å². The maximum Gasteiger partial charge on any atom is 0.337 e. The van der Waals surface area contributed by atoms with E-state index in [4.69, 9.17) is 9.52 Å². The number of hydrogen-bond donors (Lipinski definition) is 2. The van der Waals surface area contributed by atoms with Crippen LogP contribution in [0.15, 0.2) is 34.9 Å². The topological polar surface area (TPSA) is 79.5 Å². The van der Waals surface area contributed by atoms with Crippen LogP contribution in [0.3, 0.4) is 0 Å². The molecule has 2 N–H and O–H groups in total. The van der Waals surface area contributed by atoms with Gasteiger partial charge < -0.3 is 14.8 Å². The number of carboxylic acids is 1. The largest absolute Gasteiger partial charge is 0.478 e. The Balaban J connectivity index is 2.36. The smallest absolute Gasteiger partial charge is 0.337 e. The second-order valence-electron chi connectivity index (χ2n) is 3.55. The van der Waals surface area contributed by atoms with Crippen LogP contribution in [0.5, 0.6) is 0 Å². The van der Waals surface area contributed by atoms with E-state index in [0.29, 0.717) is 12.1 Å². The number of carbonyl (C=O) groups is 2.